The Morgan fingerprint density at radius 1 is 1.43 bits per heavy atom. The number of ether oxygens (including phenoxy) is 2. The van der Waals surface area contributed by atoms with Gasteiger partial charge in [-0.1, -0.05) is 6.92 Å². The molecule has 4 rings (SSSR count). The molecule has 1 saturated carbocycles. The number of Topliss-reactive ketones (excluding diaryl/α,β-unsaturated/α-hetero) is 1. The third kappa shape index (κ3) is 1.48. The van der Waals surface area contributed by atoms with Crippen LogP contribution in [-0.4, -0.2) is 53.1 Å². The molecule has 4 aliphatic rings. The summed E-state index contributed by atoms with van der Waals surface area (Å²) >= 11 is 0. The highest BCUT2D eigenvalue weighted by atomic mass is 16.6. The predicted octanol–water partition coefficient (Wildman–Crippen LogP) is 0.437. The van der Waals surface area contributed by atoms with Crippen molar-refractivity contribution in [2.45, 2.75) is 50.6 Å². The molecule has 3 unspecified atom stereocenters. The van der Waals surface area contributed by atoms with Crippen LogP contribution in [0, 0.1) is 17.3 Å². The van der Waals surface area contributed by atoms with E-state index in [4.69, 9.17) is 9.47 Å². The number of carbonyl (C=O) groups is 1. The normalized spacial score (nSPS) is 55.1. The van der Waals surface area contributed by atoms with E-state index in [-0.39, 0.29) is 24.4 Å². The molecule has 2 saturated heterocycles. The van der Waals surface area contributed by atoms with Crippen LogP contribution in [0.3, 0.4) is 0 Å². The van der Waals surface area contributed by atoms with Crippen LogP contribution in [0.5, 0.6) is 0 Å². The third-order valence-electron chi connectivity index (χ3n) is 6.27. The second-order valence-corrected chi connectivity index (χ2v) is 7.22. The third-order valence-corrected chi connectivity index (χ3v) is 6.27. The first-order valence-corrected chi connectivity index (χ1v) is 7.78. The fourth-order valence-corrected chi connectivity index (χ4v) is 5.01. The van der Waals surface area contributed by atoms with Crippen LogP contribution in [0.25, 0.3) is 0 Å². The summed E-state index contributed by atoms with van der Waals surface area (Å²) in [6.45, 7) is 4.21. The summed E-state index contributed by atoms with van der Waals surface area (Å²) in [6, 6.07) is 0. The van der Waals surface area contributed by atoms with E-state index in [0.717, 1.165) is 12.8 Å². The van der Waals surface area contributed by atoms with E-state index in [1.165, 1.54) is 0 Å². The second kappa shape index (κ2) is 4.16. The molecule has 116 valence electrons. The molecular formula is C16H22O5. The van der Waals surface area contributed by atoms with Crippen LogP contribution >= 0.6 is 0 Å². The number of rotatable bonds is 1. The van der Waals surface area contributed by atoms with Crippen molar-refractivity contribution in [2.75, 3.05) is 13.2 Å². The van der Waals surface area contributed by atoms with E-state index in [9.17, 15) is 15.0 Å². The molecule has 2 heterocycles. The number of hydrogen-bond donors (Lipinski definition) is 2. The number of ketones is 1. The first-order chi connectivity index (χ1) is 9.97. The van der Waals surface area contributed by atoms with Crippen LogP contribution in [0.2, 0.25) is 0 Å². The molecular weight excluding hydrogens is 272 g/mol. The molecule has 5 nitrogen and oxygen atoms in total. The van der Waals surface area contributed by atoms with Gasteiger partial charge in [-0.2, -0.15) is 0 Å². The first kappa shape index (κ1) is 13.9. The summed E-state index contributed by atoms with van der Waals surface area (Å²) < 4.78 is 12.0. The number of hydrogen-bond acceptors (Lipinski definition) is 5. The molecule has 0 aromatic heterocycles. The highest BCUT2D eigenvalue weighted by Gasteiger charge is 2.74. The second-order valence-electron chi connectivity index (χ2n) is 7.22. The van der Waals surface area contributed by atoms with E-state index >= 15 is 0 Å². The van der Waals surface area contributed by atoms with Gasteiger partial charge in [0.25, 0.3) is 0 Å². The zero-order valence-electron chi connectivity index (χ0n) is 12.4. The fourth-order valence-electron chi connectivity index (χ4n) is 5.01. The van der Waals surface area contributed by atoms with Gasteiger partial charge in [0, 0.05) is 5.92 Å². The molecule has 21 heavy (non-hydrogen) atoms. The van der Waals surface area contributed by atoms with Crippen molar-refractivity contribution in [1.29, 1.82) is 0 Å². The maximum Gasteiger partial charge on any atom is 0.187 e. The monoisotopic (exact) mass is 294 g/mol. The summed E-state index contributed by atoms with van der Waals surface area (Å²) in [5.41, 5.74) is -0.837. The van der Waals surface area contributed by atoms with Gasteiger partial charge < -0.3 is 19.7 Å². The van der Waals surface area contributed by atoms with Gasteiger partial charge in [-0.05, 0) is 37.3 Å². The number of epoxide rings is 1. The smallest absolute Gasteiger partial charge is 0.187 e. The van der Waals surface area contributed by atoms with E-state index in [1.807, 2.05) is 0 Å². The lowest BCUT2D eigenvalue weighted by Gasteiger charge is -2.59. The van der Waals surface area contributed by atoms with Crippen molar-refractivity contribution in [2.24, 2.45) is 17.3 Å². The molecule has 0 aromatic carbocycles. The topological polar surface area (TPSA) is 79.3 Å². The van der Waals surface area contributed by atoms with Gasteiger partial charge in [0.1, 0.15) is 11.7 Å². The molecule has 2 bridgehead atoms. The van der Waals surface area contributed by atoms with Crippen LogP contribution in [-0.2, 0) is 14.3 Å². The average molecular weight is 294 g/mol. The summed E-state index contributed by atoms with van der Waals surface area (Å²) in [5, 5.41) is 20.8. The van der Waals surface area contributed by atoms with Gasteiger partial charge in [0.15, 0.2) is 5.78 Å². The molecule has 0 amide bonds. The van der Waals surface area contributed by atoms with Crippen molar-refractivity contribution in [3.05, 3.63) is 11.6 Å². The lowest BCUT2D eigenvalue weighted by Crippen LogP contribution is -2.70. The SMILES string of the molecule is CC1=C[C@H]2O[C@@H]3[C@H](C)CC[C@@H](C34CO4)C2(CO)C(O)C1=O. The highest BCUT2D eigenvalue weighted by Crippen LogP contribution is 2.63. The van der Waals surface area contributed by atoms with Crippen molar-refractivity contribution in [3.8, 4) is 0 Å². The Morgan fingerprint density at radius 2 is 2.14 bits per heavy atom. The Labute approximate surface area is 123 Å². The zero-order valence-corrected chi connectivity index (χ0v) is 12.4. The van der Waals surface area contributed by atoms with E-state index in [1.54, 1.807) is 13.0 Å². The maximum atomic E-state index is 12.3. The first-order valence-electron chi connectivity index (χ1n) is 7.78. The largest absolute Gasteiger partial charge is 0.396 e. The summed E-state index contributed by atoms with van der Waals surface area (Å²) in [5.74, 6) is 0.0685. The van der Waals surface area contributed by atoms with Gasteiger partial charge in [-0.25, -0.2) is 0 Å². The quantitative estimate of drug-likeness (QED) is 0.686. The Morgan fingerprint density at radius 3 is 2.76 bits per heavy atom. The Kier molecular flexibility index (Phi) is 2.75. The minimum absolute atomic E-state index is 0.00891. The summed E-state index contributed by atoms with van der Waals surface area (Å²) in [6.07, 6.45) is 1.98. The van der Waals surface area contributed by atoms with Crippen molar-refractivity contribution in [3.63, 3.8) is 0 Å². The minimum Gasteiger partial charge on any atom is -0.396 e. The molecule has 7 atom stereocenters. The summed E-state index contributed by atoms with van der Waals surface area (Å²) in [7, 11) is 0. The number of fused-ring (bicyclic) bond motifs is 2. The van der Waals surface area contributed by atoms with Crippen LogP contribution < -0.4 is 0 Å². The molecule has 5 heteroatoms. The zero-order chi connectivity index (χ0) is 15.0. The van der Waals surface area contributed by atoms with Crippen molar-refractivity contribution >= 4 is 5.78 Å². The minimum atomic E-state index is -1.21. The lowest BCUT2D eigenvalue weighted by atomic mass is 9.52. The molecule has 0 radical (unpaired) electrons. The van der Waals surface area contributed by atoms with Gasteiger partial charge in [0.05, 0.1) is 30.8 Å². The van der Waals surface area contributed by atoms with E-state index in [2.05, 4.69) is 6.92 Å². The Bertz CT molecular complexity index is 523. The summed E-state index contributed by atoms with van der Waals surface area (Å²) in [4.78, 5) is 12.3. The maximum absolute atomic E-state index is 12.3. The lowest BCUT2D eigenvalue weighted by molar-refractivity contribution is -0.255. The van der Waals surface area contributed by atoms with E-state index < -0.39 is 23.2 Å². The van der Waals surface area contributed by atoms with Crippen LogP contribution in [0.1, 0.15) is 26.7 Å². The van der Waals surface area contributed by atoms with Crippen molar-refractivity contribution < 1.29 is 24.5 Å². The Hall–Kier alpha value is -0.750. The number of carbonyl (C=O) groups excluding carboxylic acids is 1. The molecule has 2 N–H and O–H groups in total. The predicted molar refractivity (Wildman–Crippen MR) is 73.5 cm³/mol. The fraction of sp³-hybridized carbons (Fsp3) is 0.812. The standard InChI is InChI=1S/C16H22O5/c1-8-3-4-10-15(6-17)11(5-9(2)12(18)13(15)19)21-14(8)16(10)7-20-16/h5,8,10-11,13-14,17,19H,3-4,6-7H2,1-2H3/t8-,10-,11-,13?,14-,15?,16?/m1/s1. The van der Waals surface area contributed by atoms with Gasteiger partial charge in [-0.3, -0.25) is 4.79 Å². The number of aliphatic hydroxyl groups excluding tert-OH is 2. The highest BCUT2D eigenvalue weighted by molar-refractivity contribution is 6.00. The Balaban J connectivity index is 1.86. The van der Waals surface area contributed by atoms with E-state index in [0.29, 0.717) is 18.1 Å². The van der Waals surface area contributed by atoms with Gasteiger partial charge >= 0.3 is 0 Å². The molecule has 3 fully saturated rings. The average Bonchev–Trinajstić information content (AvgIpc) is 3.23. The molecule has 0 aromatic rings. The van der Waals surface area contributed by atoms with Crippen LogP contribution in [0.4, 0.5) is 0 Å². The van der Waals surface area contributed by atoms with Gasteiger partial charge in [-0.15, -0.1) is 0 Å². The van der Waals surface area contributed by atoms with Crippen molar-refractivity contribution in [1.82, 2.24) is 0 Å². The van der Waals surface area contributed by atoms with Gasteiger partial charge in [0.2, 0.25) is 0 Å². The molecule has 1 spiro atoms. The number of aliphatic hydroxyl groups is 2. The van der Waals surface area contributed by atoms with Crippen LogP contribution in [0.15, 0.2) is 11.6 Å². The molecule has 2 aliphatic heterocycles. The molecule has 2 aliphatic carbocycles.